The molecule has 2 aliphatic heterocycles. The van der Waals surface area contributed by atoms with E-state index in [0.717, 1.165) is 63.0 Å². The van der Waals surface area contributed by atoms with Gasteiger partial charge >= 0.3 is 0 Å². The number of nitrogens with zero attached hydrogens (tertiary/aromatic N) is 2. The van der Waals surface area contributed by atoms with Crippen LogP contribution in [0.25, 0.3) is 0 Å². The summed E-state index contributed by atoms with van der Waals surface area (Å²) in [6, 6.07) is 10.0. The summed E-state index contributed by atoms with van der Waals surface area (Å²) >= 11 is 0. The van der Waals surface area contributed by atoms with E-state index in [1.54, 1.807) is 0 Å². The number of nitrogens with one attached hydrogen (secondary N) is 1. The summed E-state index contributed by atoms with van der Waals surface area (Å²) in [5, 5.41) is 2.79. The van der Waals surface area contributed by atoms with Crippen LogP contribution in [0.5, 0.6) is 0 Å². The predicted molar refractivity (Wildman–Crippen MR) is 115 cm³/mol. The van der Waals surface area contributed by atoms with E-state index < -0.39 is 23.1 Å². The van der Waals surface area contributed by atoms with Gasteiger partial charge in [-0.1, -0.05) is 24.6 Å². The van der Waals surface area contributed by atoms with Gasteiger partial charge in [0.25, 0.3) is 5.91 Å². The van der Waals surface area contributed by atoms with Gasteiger partial charge in [0.1, 0.15) is 17.2 Å². The van der Waals surface area contributed by atoms with Crippen LogP contribution in [0.1, 0.15) is 53.2 Å². The van der Waals surface area contributed by atoms with E-state index in [0.29, 0.717) is 6.54 Å². The minimum atomic E-state index is -0.834. The fraction of sp³-hybridized carbons (Fsp3) is 0.458. The maximum atomic E-state index is 14.0. The molecule has 1 N–H and O–H groups in total. The van der Waals surface area contributed by atoms with Crippen molar-refractivity contribution < 1.29 is 13.6 Å². The number of carbonyl (C=O) groups excluding carboxylic acids is 1. The van der Waals surface area contributed by atoms with Crippen LogP contribution in [-0.2, 0) is 6.42 Å². The van der Waals surface area contributed by atoms with E-state index in [1.807, 2.05) is 0 Å². The molecular weight excluding hydrogens is 384 g/mol. The molecule has 1 saturated heterocycles. The molecule has 0 aromatic heterocycles. The molecule has 2 heterocycles. The molecule has 1 atom stereocenters. The third kappa shape index (κ3) is 4.33. The largest absolute Gasteiger partial charge is 0.374 e. The zero-order valence-electron chi connectivity index (χ0n) is 17.5. The Morgan fingerprint density at radius 3 is 2.50 bits per heavy atom. The Labute approximate surface area is 176 Å². The monoisotopic (exact) mass is 413 g/mol. The summed E-state index contributed by atoms with van der Waals surface area (Å²) in [6.45, 7) is 3.31. The Balaban J connectivity index is 1.57. The summed E-state index contributed by atoms with van der Waals surface area (Å²) in [4.78, 5) is 17.2. The van der Waals surface area contributed by atoms with Gasteiger partial charge in [0.2, 0.25) is 0 Å². The van der Waals surface area contributed by atoms with E-state index in [1.165, 1.54) is 23.7 Å². The minimum absolute atomic E-state index is 0.0124. The van der Waals surface area contributed by atoms with Gasteiger partial charge in [-0.25, -0.2) is 8.78 Å². The number of anilines is 1. The molecule has 4 nitrogen and oxygen atoms in total. The second-order valence-electron chi connectivity index (χ2n) is 8.33. The van der Waals surface area contributed by atoms with Crippen molar-refractivity contribution in [1.29, 1.82) is 0 Å². The fourth-order valence-electron chi connectivity index (χ4n) is 4.69. The van der Waals surface area contributed by atoms with Crippen molar-refractivity contribution in [2.45, 2.75) is 38.1 Å². The van der Waals surface area contributed by atoms with Gasteiger partial charge in [0.15, 0.2) is 0 Å². The van der Waals surface area contributed by atoms with Crippen LogP contribution in [0.15, 0.2) is 36.4 Å². The maximum Gasteiger partial charge on any atom is 0.257 e. The molecular formula is C24H29F2N3O. The smallest absolute Gasteiger partial charge is 0.257 e. The Hall–Kier alpha value is -2.47. The molecule has 0 aliphatic carbocycles. The van der Waals surface area contributed by atoms with Crippen molar-refractivity contribution in [3.05, 3.63) is 64.7 Å². The molecule has 0 spiro atoms. The molecule has 30 heavy (non-hydrogen) atoms. The van der Waals surface area contributed by atoms with E-state index in [4.69, 9.17) is 0 Å². The number of halogens is 2. The quantitative estimate of drug-likeness (QED) is 0.794. The number of hydrogen-bond donors (Lipinski definition) is 1. The van der Waals surface area contributed by atoms with Crippen molar-refractivity contribution in [2.75, 3.05) is 38.1 Å². The van der Waals surface area contributed by atoms with E-state index in [-0.39, 0.29) is 6.04 Å². The highest BCUT2D eigenvalue weighted by molar-refractivity contribution is 5.94. The van der Waals surface area contributed by atoms with Crippen LogP contribution in [0.3, 0.4) is 0 Å². The Morgan fingerprint density at radius 1 is 1.03 bits per heavy atom. The first-order valence-corrected chi connectivity index (χ1v) is 10.8. The lowest BCUT2D eigenvalue weighted by atomic mass is 9.95. The molecule has 2 aromatic rings. The Kier molecular flexibility index (Phi) is 6.32. The molecule has 1 amide bonds. The first kappa shape index (κ1) is 20.8. The van der Waals surface area contributed by atoms with Gasteiger partial charge in [-0.15, -0.1) is 0 Å². The molecule has 2 aromatic carbocycles. The molecule has 4 rings (SSSR count). The van der Waals surface area contributed by atoms with Crippen molar-refractivity contribution in [3.63, 3.8) is 0 Å². The average molecular weight is 414 g/mol. The molecule has 6 heteroatoms. The maximum absolute atomic E-state index is 14.0. The highest BCUT2D eigenvalue weighted by atomic mass is 19.1. The number of hydrogen-bond acceptors (Lipinski definition) is 3. The predicted octanol–water partition coefficient (Wildman–Crippen LogP) is 4.30. The van der Waals surface area contributed by atoms with Gasteiger partial charge in [-0.2, -0.15) is 0 Å². The van der Waals surface area contributed by atoms with Gasteiger partial charge in [0, 0.05) is 25.8 Å². The van der Waals surface area contributed by atoms with Crippen LogP contribution in [0, 0.1) is 11.6 Å². The normalized spacial score (nSPS) is 18.0. The number of benzene rings is 2. The molecule has 0 radical (unpaired) electrons. The summed E-state index contributed by atoms with van der Waals surface area (Å²) in [5.74, 6) is -2.37. The lowest BCUT2D eigenvalue weighted by molar-refractivity contribution is 0.0916. The highest BCUT2D eigenvalue weighted by Gasteiger charge is 2.26. The second-order valence-corrected chi connectivity index (χ2v) is 8.33. The summed E-state index contributed by atoms with van der Waals surface area (Å²) in [5.41, 5.74) is 3.23. The molecule has 160 valence electrons. The minimum Gasteiger partial charge on any atom is -0.374 e. The number of carbonyl (C=O) groups is 1. The number of rotatable bonds is 5. The van der Waals surface area contributed by atoms with Crippen LogP contribution in [-0.4, -0.2) is 44.0 Å². The lowest BCUT2D eigenvalue weighted by Gasteiger charge is -2.36. The van der Waals surface area contributed by atoms with Gasteiger partial charge in [-0.05, 0) is 68.1 Å². The van der Waals surface area contributed by atoms with Crippen molar-refractivity contribution in [2.24, 2.45) is 0 Å². The first-order valence-electron chi connectivity index (χ1n) is 10.8. The molecule has 0 saturated carbocycles. The number of fused-ring (bicyclic) bond motifs is 1. The topological polar surface area (TPSA) is 35.6 Å². The van der Waals surface area contributed by atoms with E-state index in [2.05, 4.69) is 40.4 Å². The number of amides is 1. The molecule has 2 aliphatic rings. The third-order valence-electron chi connectivity index (χ3n) is 6.32. The summed E-state index contributed by atoms with van der Waals surface area (Å²) in [6.07, 6.45) is 5.64. The Bertz CT molecular complexity index is 891. The van der Waals surface area contributed by atoms with Crippen LogP contribution >= 0.6 is 0 Å². The van der Waals surface area contributed by atoms with Crippen molar-refractivity contribution >= 4 is 11.6 Å². The van der Waals surface area contributed by atoms with Crippen LogP contribution in [0.4, 0.5) is 14.5 Å². The zero-order chi connectivity index (χ0) is 21.1. The first-order chi connectivity index (χ1) is 14.5. The number of piperidine rings is 1. The summed E-state index contributed by atoms with van der Waals surface area (Å²) < 4.78 is 28.0. The molecule has 0 bridgehead atoms. The van der Waals surface area contributed by atoms with Crippen molar-refractivity contribution in [3.8, 4) is 0 Å². The highest BCUT2D eigenvalue weighted by Crippen LogP contribution is 2.31. The standard InChI is InChI=1S/C24H29F2N3O/c1-28-12-6-7-17-15-18(10-11-21(17)28)22(29-13-3-2-4-14-29)16-27-24(30)23-19(25)8-5-9-20(23)26/h5,8-11,15,22H,2-4,6-7,12-14,16H2,1H3,(H,27,30)/t22-/m1/s1. The summed E-state index contributed by atoms with van der Waals surface area (Å²) in [7, 11) is 2.11. The Morgan fingerprint density at radius 2 is 1.77 bits per heavy atom. The molecule has 0 unspecified atom stereocenters. The number of likely N-dealkylation sites (tertiary alicyclic amines) is 1. The van der Waals surface area contributed by atoms with Gasteiger partial charge in [0.05, 0.1) is 6.04 Å². The van der Waals surface area contributed by atoms with Gasteiger partial charge in [-0.3, -0.25) is 9.69 Å². The molecule has 1 fully saturated rings. The third-order valence-corrected chi connectivity index (χ3v) is 6.32. The lowest BCUT2D eigenvalue weighted by Crippen LogP contribution is -2.41. The van der Waals surface area contributed by atoms with Gasteiger partial charge < -0.3 is 10.2 Å². The second kappa shape index (κ2) is 9.13. The average Bonchev–Trinajstić information content (AvgIpc) is 2.75. The van der Waals surface area contributed by atoms with Crippen LogP contribution < -0.4 is 10.2 Å². The van der Waals surface area contributed by atoms with Crippen LogP contribution in [0.2, 0.25) is 0 Å². The number of aryl methyl sites for hydroxylation is 1. The SMILES string of the molecule is CN1CCCc2cc([C@@H](CNC(=O)c3c(F)cccc3F)N3CCCCC3)ccc21. The zero-order valence-corrected chi connectivity index (χ0v) is 17.5. The fourth-order valence-corrected chi connectivity index (χ4v) is 4.69. The van der Waals surface area contributed by atoms with E-state index >= 15 is 0 Å². The van der Waals surface area contributed by atoms with E-state index in [9.17, 15) is 13.6 Å². The van der Waals surface area contributed by atoms with Crippen molar-refractivity contribution in [1.82, 2.24) is 10.2 Å².